The summed E-state index contributed by atoms with van der Waals surface area (Å²) in [6.07, 6.45) is 0. The number of carboxylic acid groups (broad SMARTS) is 1. The maximum absolute atomic E-state index is 11.6. The number of sulfonamides is 1. The molecular formula is C11H14BrN3O5S. The molecule has 0 bridgehead atoms. The molecule has 0 fully saturated rings. The molecule has 2 amide bonds. The van der Waals surface area contributed by atoms with E-state index in [1.165, 1.54) is 25.2 Å². The number of rotatable bonds is 6. The highest BCUT2D eigenvalue weighted by molar-refractivity contribution is 9.10. The topological polar surface area (TPSA) is 125 Å². The van der Waals surface area contributed by atoms with Crippen LogP contribution in [0.1, 0.15) is 10.4 Å². The number of benzene rings is 1. The zero-order chi connectivity index (χ0) is 16.0. The highest BCUT2D eigenvalue weighted by Gasteiger charge is 2.10. The lowest BCUT2D eigenvalue weighted by atomic mass is 10.2. The maximum Gasteiger partial charge on any atom is 0.335 e. The van der Waals surface area contributed by atoms with Gasteiger partial charge in [0.1, 0.15) is 0 Å². The number of hydrogen-bond acceptors (Lipinski definition) is 4. The second-order valence-electron chi connectivity index (χ2n) is 3.90. The molecule has 0 aromatic heterocycles. The molecule has 1 aromatic carbocycles. The van der Waals surface area contributed by atoms with Crippen molar-refractivity contribution in [3.8, 4) is 0 Å². The van der Waals surface area contributed by atoms with Crippen LogP contribution in [0.5, 0.6) is 0 Å². The van der Waals surface area contributed by atoms with Crippen LogP contribution in [0.25, 0.3) is 0 Å². The van der Waals surface area contributed by atoms with E-state index in [4.69, 9.17) is 5.11 Å². The number of carboxylic acids is 1. The normalized spacial score (nSPS) is 11.0. The first-order valence-corrected chi connectivity index (χ1v) is 8.18. The van der Waals surface area contributed by atoms with Crippen LogP contribution in [-0.2, 0) is 10.0 Å². The van der Waals surface area contributed by atoms with Crippen LogP contribution in [0.15, 0.2) is 22.7 Å². The minimum absolute atomic E-state index is 0.0557. The Morgan fingerprint density at radius 2 is 2.00 bits per heavy atom. The van der Waals surface area contributed by atoms with Gasteiger partial charge in [-0.15, -0.1) is 0 Å². The van der Waals surface area contributed by atoms with Crippen LogP contribution in [-0.4, -0.2) is 44.9 Å². The number of nitrogens with one attached hydrogen (secondary N) is 3. The van der Waals surface area contributed by atoms with E-state index in [0.29, 0.717) is 10.2 Å². The van der Waals surface area contributed by atoms with Gasteiger partial charge in [0.2, 0.25) is 10.0 Å². The molecule has 10 heteroatoms. The van der Waals surface area contributed by atoms with Gasteiger partial charge in [-0.25, -0.2) is 22.7 Å². The second-order valence-corrected chi connectivity index (χ2v) is 6.80. The highest BCUT2D eigenvalue weighted by atomic mass is 79.9. The van der Waals surface area contributed by atoms with Gasteiger partial charge in [0.15, 0.2) is 0 Å². The highest BCUT2D eigenvalue weighted by Crippen LogP contribution is 2.23. The minimum atomic E-state index is -3.38. The molecule has 0 spiro atoms. The lowest BCUT2D eigenvalue weighted by molar-refractivity contribution is 0.0697. The van der Waals surface area contributed by atoms with Crippen molar-refractivity contribution in [3.63, 3.8) is 0 Å². The van der Waals surface area contributed by atoms with Crippen molar-refractivity contribution in [3.05, 3.63) is 28.2 Å². The summed E-state index contributed by atoms with van der Waals surface area (Å²) < 4.78 is 24.8. The van der Waals surface area contributed by atoms with E-state index in [2.05, 4.69) is 31.3 Å². The summed E-state index contributed by atoms with van der Waals surface area (Å²) in [5, 5.41) is 13.7. The number of amides is 2. The zero-order valence-corrected chi connectivity index (χ0v) is 13.4. The quantitative estimate of drug-likeness (QED) is 0.582. The first kappa shape index (κ1) is 17.4. The molecular weight excluding hydrogens is 366 g/mol. The van der Waals surface area contributed by atoms with E-state index in [0.717, 1.165) is 0 Å². The maximum atomic E-state index is 11.6. The number of anilines is 1. The van der Waals surface area contributed by atoms with Crippen molar-refractivity contribution >= 4 is 43.6 Å². The van der Waals surface area contributed by atoms with Crippen molar-refractivity contribution in [2.75, 3.05) is 24.7 Å². The van der Waals surface area contributed by atoms with Crippen molar-refractivity contribution in [2.24, 2.45) is 0 Å². The SMILES string of the molecule is CNS(=O)(=O)CCNC(=O)Nc1ccc(C(=O)O)cc1Br. The number of hydrogen-bond donors (Lipinski definition) is 4. The molecule has 1 rings (SSSR count). The predicted molar refractivity (Wildman–Crippen MR) is 81.0 cm³/mol. The average Bonchev–Trinajstić information content (AvgIpc) is 2.40. The molecule has 0 radical (unpaired) electrons. The summed E-state index contributed by atoms with van der Waals surface area (Å²) in [6, 6.07) is 3.53. The van der Waals surface area contributed by atoms with E-state index >= 15 is 0 Å². The van der Waals surface area contributed by atoms with E-state index in [1.807, 2.05) is 0 Å². The largest absolute Gasteiger partial charge is 0.478 e. The average molecular weight is 380 g/mol. The minimum Gasteiger partial charge on any atom is -0.478 e. The van der Waals surface area contributed by atoms with Gasteiger partial charge < -0.3 is 15.7 Å². The van der Waals surface area contributed by atoms with Crippen molar-refractivity contribution in [2.45, 2.75) is 0 Å². The van der Waals surface area contributed by atoms with E-state index < -0.39 is 22.0 Å². The molecule has 0 unspecified atom stereocenters. The van der Waals surface area contributed by atoms with Crippen LogP contribution in [0, 0.1) is 0 Å². The molecule has 116 valence electrons. The Hall–Kier alpha value is -1.65. The first-order valence-electron chi connectivity index (χ1n) is 5.74. The molecule has 21 heavy (non-hydrogen) atoms. The summed E-state index contributed by atoms with van der Waals surface area (Å²) in [5.74, 6) is -1.32. The van der Waals surface area contributed by atoms with Gasteiger partial charge in [0.05, 0.1) is 17.0 Å². The van der Waals surface area contributed by atoms with E-state index in [9.17, 15) is 18.0 Å². The fourth-order valence-corrected chi connectivity index (χ4v) is 2.37. The van der Waals surface area contributed by atoms with Crippen molar-refractivity contribution in [1.29, 1.82) is 0 Å². The number of carbonyl (C=O) groups excluding carboxylic acids is 1. The third-order valence-corrected chi connectivity index (χ3v) is 4.45. The Morgan fingerprint density at radius 1 is 1.33 bits per heavy atom. The summed E-state index contributed by atoms with van der Waals surface area (Å²) in [6.45, 7) is -0.0557. The monoisotopic (exact) mass is 379 g/mol. The van der Waals surface area contributed by atoms with Crippen LogP contribution < -0.4 is 15.4 Å². The molecule has 0 aliphatic carbocycles. The smallest absolute Gasteiger partial charge is 0.335 e. The molecule has 8 nitrogen and oxygen atoms in total. The van der Waals surface area contributed by atoms with Gasteiger partial charge in [-0.1, -0.05) is 0 Å². The number of urea groups is 1. The first-order chi connectivity index (χ1) is 9.75. The van der Waals surface area contributed by atoms with E-state index in [1.54, 1.807) is 0 Å². The molecule has 0 saturated carbocycles. The summed E-state index contributed by atoms with van der Waals surface area (Å²) in [4.78, 5) is 22.4. The standard InChI is InChI=1S/C11H14BrN3O5S/c1-13-21(19,20)5-4-14-11(18)15-9-3-2-7(10(16)17)6-8(9)12/h2-3,6,13H,4-5H2,1H3,(H,16,17)(H2,14,15,18). The van der Waals surface area contributed by atoms with Gasteiger partial charge in [-0.3, -0.25) is 0 Å². The van der Waals surface area contributed by atoms with Gasteiger partial charge in [0.25, 0.3) is 0 Å². The zero-order valence-electron chi connectivity index (χ0n) is 11.0. The fourth-order valence-electron chi connectivity index (χ4n) is 1.32. The summed E-state index contributed by atoms with van der Waals surface area (Å²) >= 11 is 3.14. The van der Waals surface area contributed by atoms with Crippen LogP contribution in [0.3, 0.4) is 0 Å². The lowest BCUT2D eigenvalue weighted by Gasteiger charge is -2.09. The molecule has 4 N–H and O–H groups in total. The number of carbonyl (C=O) groups is 2. The molecule has 0 aliphatic heterocycles. The predicted octanol–water partition coefficient (Wildman–Crippen LogP) is 0.818. The van der Waals surface area contributed by atoms with Gasteiger partial charge in [0, 0.05) is 11.0 Å². The third kappa shape index (κ3) is 5.69. The molecule has 0 saturated heterocycles. The van der Waals surface area contributed by atoms with Gasteiger partial charge >= 0.3 is 12.0 Å². The third-order valence-electron chi connectivity index (χ3n) is 2.43. The summed E-state index contributed by atoms with van der Waals surface area (Å²) in [7, 11) is -2.09. The molecule has 1 aromatic rings. The lowest BCUT2D eigenvalue weighted by Crippen LogP contribution is -2.35. The molecule has 0 atom stereocenters. The molecule has 0 aliphatic rings. The van der Waals surface area contributed by atoms with Crippen molar-refractivity contribution in [1.82, 2.24) is 10.0 Å². The van der Waals surface area contributed by atoms with E-state index in [-0.39, 0.29) is 17.9 Å². The Labute approximate surface area is 130 Å². The Morgan fingerprint density at radius 3 is 2.52 bits per heavy atom. The van der Waals surface area contributed by atoms with Crippen LogP contribution in [0.2, 0.25) is 0 Å². The van der Waals surface area contributed by atoms with Gasteiger partial charge in [-0.05, 0) is 41.2 Å². The second kappa shape index (κ2) is 7.38. The van der Waals surface area contributed by atoms with Crippen LogP contribution in [0.4, 0.5) is 10.5 Å². The van der Waals surface area contributed by atoms with Crippen LogP contribution >= 0.6 is 15.9 Å². The Kier molecular flexibility index (Phi) is 6.12. The van der Waals surface area contributed by atoms with Crippen molar-refractivity contribution < 1.29 is 23.1 Å². The molecule has 0 heterocycles. The van der Waals surface area contributed by atoms with Gasteiger partial charge in [-0.2, -0.15) is 0 Å². The number of aromatic carboxylic acids is 1. The number of halogens is 1. The Bertz CT molecular complexity index is 647. The fraction of sp³-hybridized carbons (Fsp3) is 0.273. The summed E-state index contributed by atoms with van der Waals surface area (Å²) in [5.41, 5.74) is 0.446. The Balaban J connectivity index is 2.58.